The Balaban J connectivity index is 2.22. The summed E-state index contributed by atoms with van der Waals surface area (Å²) >= 11 is 0. The van der Waals surface area contributed by atoms with Gasteiger partial charge in [-0.1, -0.05) is 42.5 Å². The predicted molar refractivity (Wildman–Crippen MR) is 74.0 cm³/mol. The summed E-state index contributed by atoms with van der Waals surface area (Å²) in [4.78, 5) is 23.0. The number of ketones is 1. The first-order chi connectivity index (χ1) is 9.58. The van der Waals surface area contributed by atoms with E-state index in [1.165, 1.54) is 6.92 Å². The molecule has 0 heterocycles. The first-order valence-corrected chi connectivity index (χ1v) is 6.17. The maximum Gasteiger partial charge on any atom is 0.344 e. The number of carboxylic acids is 1. The van der Waals surface area contributed by atoms with E-state index in [4.69, 9.17) is 9.84 Å². The van der Waals surface area contributed by atoms with E-state index in [-0.39, 0.29) is 5.78 Å². The van der Waals surface area contributed by atoms with Crippen LogP contribution in [0.15, 0.2) is 54.6 Å². The molecule has 0 saturated carbocycles. The topological polar surface area (TPSA) is 63.6 Å². The van der Waals surface area contributed by atoms with Crippen molar-refractivity contribution in [2.45, 2.75) is 13.0 Å². The number of hydrogen-bond donors (Lipinski definition) is 1. The Kier molecular flexibility index (Phi) is 4.15. The van der Waals surface area contributed by atoms with Crippen molar-refractivity contribution in [3.05, 3.63) is 65.7 Å². The third-order valence-corrected chi connectivity index (χ3v) is 2.79. The minimum atomic E-state index is -1.05. The molecular formula is C16H14O4. The highest BCUT2D eigenvalue weighted by molar-refractivity contribution is 6.09. The maximum absolute atomic E-state index is 12.2. The average Bonchev–Trinajstić information content (AvgIpc) is 2.47. The zero-order valence-electron chi connectivity index (χ0n) is 10.9. The monoisotopic (exact) mass is 270 g/mol. The fourth-order valence-electron chi connectivity index (χ4n) is 1.72. The van der Waals surface area contributed by atoms with E-state index < -0.39 is 12.1 Å². The third-order valence-electron chi connectivity index (χ3n) is 2.79. The van der Waals surface area contributed by atoms with E-state index in [0.717, 1.165) is 0 Å². The highest BCUT2D eigenvalue weighted by Crippen LogP contribution is 2.18. The minimum absolute atomic E-state index is 0.126. The molecule has 2 rings (SSSR count). The van der Waals surface area contributed by atoms with Gasteiger partial charge in [0.2, 0.25) is 0 Å². The second-order valence-corrected chi connectivity index (χ2v) is 4.32. The van der Waals surface area contributed by atoms with E-state index in [1.54, 1.807) is 48.5 Å². The zero-order chi connectivity index (χ0) is 14.5. The second-order valence-electron chi connectivity index (χ2n) is 4.32. The van der Waals surface area contributed by atoms with Gasteiger partial charge in [0.25, 0.3) is 0 Å². The van der Waals surface area contributed by atoms with E-state index >= 15 is 0 Å². The molecule has 1 atom stereocenters. The van der Waals surface area contributed by atoms with Crippen LogP contribution in [-0.2, 0) is 4.79 Å². The van der Waals surface area contributed by atoms with Crippen molar-refractivity contribution in [3.63, 3.8) is 0 Å². The van der Waals surface area contributed by atoms with Gasteiger partial charge in [-0.3, -0.25) is 4.79 Å². The van der Waals surface area contributed by atoms with Gasteiger partial charge in [-0.05, 0) is 19.1 Å². The van der Waals surface area contributed by atoms with Gasteiger partial charge in [0, 0.05) is 11.1 Å². The molecule has 0 fully saturated rings. The molecule has 2 aromatic carbocycles. The van der Waals surface area contributed by atoms with Crippen molar-refractivity contribution in [2.75, 3.05) is 0 Å². The minimum Gasteiger partial charge on any atom is -0.479 e. The number of ether oxygens (including phenoxy) is 1. The molecule has 1 unspecified atom stereocenters. The molecule has 0 aromatic heterocycles. The van der Waals surface area contributed by atoms with Gasteiger partial charge in [0.1, 0.15) is 5.75 Å². The van der Waals surface area contributed by atoms with Crippen molar-refractivity contribution in [1.82, 2.24) is 0 Å². The molecule has 4 nitrogen and oxygen atoms in total. The van der Waals surface area contributed by atoms with E-state index in [9.17, 15) is 9.59 Å². The van der Waals surface area contributed by atoms with Gasteiger partial charge >= 0.3 is 5.97 Å². The molecule has 0 aliphatic carbocycles. The summed E-state index contributed by atoms with van der Waals surface area (Å²) in [5, 5.41) is 8.81. The third kappa shape index (κ3) is 3.23. The van der Waals surface area contributed by atoms with Crippen LogP contribution in [0.4, 0.5) is 0 Å². The van der Waals surface area contributed by atoms with Crippen LogP contribution in [0.1, 0.15) is 22.8 Å². The molecule has 4 heteroatoms. The van der Waals surface area contributed by atoms with E-state index in [2.05, 4.69) is 0 Å². The highest BCUT2D eigenvalue weighted by Gasteiger charge is 2.14. The normalized spacial score (nSPS) is 11.7. The first kappa shape index (κ1) is 13.8. The summed E-state index contributed by atoms with van der Waals surface area (Å²) < 4.78 is 5.25. The molecule has 0 saturated heterocycles. The Labute approximate surface area is 116 Å². The standard InChI is InChI=1S/C16H14O4/c1-11(16(18)19)20-14-9-5-8-13(10-14)15(17)12-6-3-2-4-7-12/h2-11H,1H3,(H,18,19). The Morgan fingerprint density at radius 3 is 2.30 bits per heavy atom. The summed E-state index contributed by atoms with van der Waals surface area (Å²) in [6.07, 6.45) is -0.961. The van der Waals surface area contributed by atoms with Gasteiger partial charge in [-0.25, -0.2) is 4.79 Å². The Morgan fingerprint density at radius 2 is 1.65 bits per heavy atom. The lowest BCUT2D eigenvalue weighted by molar-refractivity contribution is -0.144. The Bertz CT molecular complexity index is 619. The van der Waals surface area contributed by atoms with Crippen LogP contribution in [0, 0.1) is 0 Å². The smallest absolute Gasteiger partial charge is 0.344 e. The molecule has 0 radical (unpaired) electrons. The maximum atomic E-state index is 12.2. The molecule has 102 valence electrons. The van der Waals surface area contributed by atoms with Crippen molar-refractivity contribution in [3.8, 4) is 5.75 Å². The van der Waals surface area contributed by atoms with Crippen molar-refractivity contribution in [1.29, 1.82) is 0 Å². The van der Waals surface area contributed by atoms with Gasteiger partial charge in [0.15, 0.2) is 11.9 Å². The number of carbonyl (C=O) groups excluding carboxylic acids is 1. The summed E-state index contributed by atoms with van der Waals surface area (Å²) in [6, 6.07) is 15.4. The van der Waals surface area contributed by atoms with Crippen LogP contribution in [-0.4, -0.2) is 23.0 Å². The fraction of sp³-hybridized carbons (Fsp3) is 0.125. The molecule has 20 heavy (non-hydrogen) atoms. The molecule has 0 aliphatic rings. The van der Waals surface area contributed by atoms with Crippen LogP contribution >= 0.6 is 0 Å². The molecule has 0 aliphatic heterocycles. The predicted octanol–water partition coefficient (Wildman–Crippen LogP) is 2.77. The lowest BCUT2D eigenvalue weighted by Crippen LogP contribution is -2.22. The van der Waals surface area contributed by atoms with Crippen molar-refractivity contribution in [2.24, 2.45) is 0 Å². The quantitative estimate of drug-likeness (QED) is 0.848. The van der Waals surface area contributed by atoms with Crippen LogP contribution in [0.25, 0.3) is 0 Å². The Hall–Kier alpha value is -2.62. The summed E-state index contributed by atoms with van der Waals surface area (Å²) in [7, 11) is 0. The average molecular weight is 270 g/mol. The zero-order valence-corrected chi connectivity index (χ0v) is 10.9. The highest BCUT2D eigenvalue weighted by atomic mass is 16.5. The number of hydrogen-bond acceptors (Lipinski definition) is 3. The number of rotatable bonds is 5. The summed E-state index contributed by atoms with van der Waals surface area (Å²) in [5.41, 5.74) is 1.04. The second kappa shape index (κ2) is 6.02. The number of carboxylic acid groups (broad SMARTS) is 1. The molecule has 2 aromatic rings. The molecule has 0 bridgehead atoms. The fourth-order valence-corrected chi connectivity index (χ4v) is 1.72. The van der Waals surface area contributed by atoms with Crippen LogP contribution < -0.4 is 4.74 Å². The number of aliphatic carboxylic acids is 1. The number of benzene rings is 2. The van der Waals surface area contributed by atoms with Crippen molar-refractivity contribution < 1.29 is 19.4 Å². The van der Waals surface area contributed by atoms with Gasteiger partial charge < -0.3 is 9.84 Å². The van der Waals surface area contributed by atoms with Gasteiger partial charge in [0.05, 0.1) is 0 Å². The van der Waals surface area contributed by atoms with Gasteiger partial charge in [-0.15, -0.1) is 0 Å². The van der Waals surface area contributed by atoms with Crippen molar-refractivity contribution >= 4 is 11.8 Å². The van der Waals surface area contributed by atoms with Crippen LogP contribution in [0.5, 0.6) is 5.75 Å². The molecular weight excluding hydrogens is 256 g/mol. The van der Waals surface area contributed by atoms with Crippen LogP contribution in [0.3, 0.4) is 0 Å². The lowest BCUT2D eigenvalue weighted by Gasteiger charge is -2.11. The first-order valence-electron chi connectivity index (χ1n) is 6.17. The summed E-state index contributed by atoms with van der Waals surface area (Å²) in [5.74, 6) is -0.814. The van der Waals surface area contributed by atoms with Crippen LogP contribution in [0.2, 0.25) is 0 Å². The van der Waals surface area contributed by atoms with Gasteiger partial charge in [-0.2, -0.15) is 0 Å². The molecule has 0 amide bonds. The lowest BCUT2D eigenvalue weighted by atomic mass is 10.0. The Morgan fingerprint density at radius 1 is 1.00 bits per heavy atom. The summed E-state index contributed by atoms with van der Waals surface area (Å²) in [6.45, 7) is 1.44. The van der Waals surface area contributed by atoms with E-state index in [1.807, 2.05) is 6.07 Å². The molecule has 0 spiro atoms. The molecule has 1 N–H and O–H groups in total. The largest absolute Gasteiger partial charge is 0.479 e. The SMILES string of the molecule is CC(Oc1cccc(C(=O)c2ccccc2)c1)C(=O)O. The number of carbonyl (C=O) groups is 2. The van der Waals surface area contributed by atoms with E-state index in [0.29, 0.717) is 16.9 Å².